The van der Waals surface area contributed by atoms with Crippen molar-refractivity contribution in [3.8, 4) is 0 Å². The summed E-state index contributed by atoms with van der Waals surface area (Å²) in [6.07, 6.45) is 17.5. The Hall–Kier alpha value is -1.11. The van der Waals surface area contributed by atoms with Crippen LogP contribution in [0.2, 0.25) is 0 Å². The second-order valence-electron chi connectivity index (χ2n) is 8.91. The van der Waals surface area contributed by atoms with Crippen LogP contribution in [0.15, 0.2) is 36.5 Å². The fraction of sp³-hybridized carbons (Fsp3) is 0.682. The lowest BCUT2D eigenvalue weighted by atomic mass is 9.48. The Balaban J connectivity index is 1.68. The molecule has 0 aromatic rings. The second kappa shape index (κ2) is 5.19. The van der Waals surface area contributed by atoms with Crippen molar-refractivity contribution >= 4 is 5.78 Å². The molecule has 2 fully saturated rings. The summed E-state index contributed by atoms with van der Waals surface area (Å²) in [7, 11) is 0. The number of rotatable bonds is 2. The Labute approximate surface area is 140 Å². The molecule has 1 nitrogen and oxygen atoms in total. The average molecular weight is 310 g/mol. The number of hydrogen-bond acceptors (Lipinski definition) is 1. The lowest BCUT2D eigenvalue weighted by Gasteiger charge is -2.56. The summed E-state index contributed by atoms with van der Waals surface area (Å²) in [4.78, 5) is 12.4. The molecule has 0 bridgehead atoms. The number of ketones is 1. The molecule has 1 heteroatoms. The highest BCUT2D eigenvalue weighted by molar-refractivity contribution is 5.92. The first-order chi connectivity index (χ1) is 11.0. The molecule has 2 saturated carbocycles. The van der Waals surface area contributed by atoms with Crippen molar-refractivity contribution in [2.45, 2.75) is 58.8 Å². The van der Waals surface area contributed by atoms with Crippen LogP contribution in [0, 0.1) is 34.5 Å². The smallest absolute Gasteiger partial charge is 0.158 e. The first-order valence-electron chi connectivity index (χ1n) is 9.54. The van der Waals surface area contributed by atoms with Crippen molar-refractivity contribution in [3.63, 3.8) is 0 Å². The molecule has 124 valence electrons. The lowest BCUT2D eigenvalue weighted by Crippen LogP contribution is -2.49. The van der Waals surface area contributed by atoms with Gasteiger partial charge in [-0.3, -0.25) is 4.79 Å². The minimum absolute atomic E-state index is 0.221. The molecule has 0 aromatic carbocycles. The van der Waals surface area contributed by atoms with Crippen LogP contribution in [0.3, 0.4) is 0 Å². The van der Waals surface area contributed by atoms with Crippen LogP contribution in [-0.2, 0) is 4.79 Å². The molecule has 0 unspecified atom stereocenters. The maximum absolute atomic E-state index is 12.4. The van der Waals surface area contributed by atoms with Crippen LogP contribution >= 0.6 is 0 Å². The SMILES string of the molecule is C=CC(=O)[C@H]1CC[C@H]2[C@@H]3CC=C4C=CCC[C@]4(C)[C@H]3CC[C@]12C. The quantitative estimate of drug-likeness (QED) is 0.617. The summed E-state index contributed by atoms with van der Waals surface area (Å²) in [5, 5.41) is 0. The molecule has 0 amide bonds. The van der Waals surface area contributed by atoms with E-state index in [0.717, 1.165) is 24.2 Å². The van der Waals surface area contributed by atoms with Gasteiger partial charge in [0.2, 0.25) is 0 Å². The summed E-state index contributed by atoms with van der Waals surface area (Å²) < 4.78 is 0. The molecule has 4 rings (SSSR count). The van der Waals surface area contributed by atoms with Gasteiger partial charge in [-0.15, -0.1) is 0 Å². The third-order valence-corrected chi connectivity index (χ3v) is 8.20. The number of carbonyl (C=O) groups is 1. The van der Waals surface area contributed by atoms with Gasteiger partial charge in [0.05, 0.1) is 0 Å². The molecule has 0 spiro atoms. The summed E-state index contributed by atoms with van der Waals surface area (Å²) in [6.45, 7) is 8.68. The van der Waals surface area contributed by atoms with E-state index in [1.54, 1.807) is 11.6 Å². The fourth-order valence-corrected chi connectivity index (χ4v) is 6.91. The van der Waals surface area contributed by atoms with Crippen molar-refractivity contribution in [3.05, 3.63) is 36.5 Å². The Morgan fingerprint density at radius 1 is 1.22 bits per heavy atom. The van der Waals surface area contributed by atoms with Gasteiger partial charge in [0.1, 0.15) is 0 Å². The van der Waals surface area contributed by atoms with Gasteiger partial charge in [-0.25, -0.2) is 0 Å². The summed E-state index contributed by atoms with van der Waals surface area (Å²) in [6, 6.07) is 0. The molecule has 0 saturated heterocycles. The topological polar surface area (TPSA) is 17.1 Å². The largest absolute Gasteiger partial charge is 0.295 e. The van der Waals surface area contributed by atoms with Crippen LogP contribution in [0.5, 0.6) is 0 Å². The molecular formula is C22H30O. The number of hydrogen-bond donors (Lipinski definition) is 0. The van der Waals surface area contributed by atoms with Gasteiger partial charge in [0, 0.05) is 5.92 Å². The fourth-order valence-electron chi connectivity index (χ4n) is 6.91. The van der Waals surface area contributed by atoms with Crippen molar-refractivity contribution < 1.29 is 4.79 Å². The van der Waals surface area contributed by atoms with Crippen LogP contribution in [0.4, 0.5) is 0 Å². The number of allylic oxidation sites excluding steroid dienone is 5. The predicted octanol–water partition coefficient (Wildman–Crippen LogP) is 5.49. The summed E-state index contributed by atoms with van der Waals surface area (Å²) in [5.74, 6) is 2.87. The Morgan fingerprint density at radius 3 is 2.83 bits per heavy atom. The van der Waals surface area contributed by atoms with E-state index in [1.165, 1.54) is 38.5 Å². The third kappa shape index (κ3) is 2.01. The zero-order valence-electron chi connectivity index (χ0n) is 14.7. The number of fused-ring (bicyclic) bond motifs is 5. The molecule has 0 aromatic heterocycles. The van der Waals surface area contributed by atoms with Gasteiger partial charge in [-0.1, -0.05) is 38.7 Å². The molecule has 0 radical (unpaired) electrons. The Kier molecular flexibility index (Phi) is 3.48. The second-order valence-corrected chi connectivity index (χ2v) is 8.91. The van der Waals surface area contributed by atoms with Gasteiger partial charge in [0.15, 0.2) is 5.78 Å². The highest BCUT2D eigenvalue weighted by atomic mass is 16.1. The molecule has 0 heterocycles. The van der Waals surface area contributed by atoms with Crippen molar-refractivity contribution in [2.24, 2.45) is 34.5 Å². The minimum Gasteiger partial charge on any atom is -0.295 e. The van der Waals surface area contributed by atoms with Crippen LogP contribution in [0.25, 0.3) is 0 Å². The summed E-state index contributed by atoms with van der Waals surface area (Å²) in [5.41, 5.74) is 2.21. The van der Waals surface area contributed by atoms with Gasteiger partial charge < -0.3 is 0 Å². The maximum atomic E-state index is 12.4. The van der Waals surface area contributed by atoms with Gasteiger partial charge >= 0.3 is 0 Å². The monoisotopic (exact) mass is 310 g/mol. The van der Waals surface area contributed by atoms with E-state index >= 15 is 0 Å². The zero-order chi connectivity index (χ0) is 16.2. The van der Waals surface area contributed by atoms with Gasteiger partial charge in [-0.2, -0.15) is 0 Å². The molecule has 0 aliphatic heterocycles. The van der Waals surface area contributed by atoms with Crippen LogP contribution < -0.4 is 0 Å². The minimum atomic E-state index is 0.221. The lowest BCUT2D eigenvalue weighted by molar-refractivity contribution is -0.124. The molecule has 4 aliphatic rings. The highest BCUT2D eigenvalue weighted by Gasteiger charge is 2.58. The number of carbonyl (C=O) groups excluding carboxylic acids is 1. The van der Waals surface area contributed by atoms with E-state index in [2.05, 4.69) is 38.7 Å². The van der Waals surface area contributed by atoms with Gasteiger partial charge in [-0.05, 0) is 85.2 Å². The van der Waals surface area contributed by atoms with E-state index in [4.69, 9.17) is 0 Å². The maximum Gasteiger partial charge on any atom is 0.158 e. The van der Waals surface area contributed by atoms with Gasteiger partial charge in [0.25, 0.3) is 0 Å². The third-order valence-electron chi connectivity index (χ3n) is 8.20. The van der Waals surface area contributed by atoms with E-state index < -0.39 is 0 Å². The normalized spacial score (nSPS) is 48.0. The molecular weight excluding hydrogens is 280 g/mol. The predicted molar refractivity (Wildman–Crippen MR) is 94.9 cm³/mol. The van der Waals surface area contributed by atoms with Crippen LogP contribution in [0.1, 0.15) is 58.8 Å². The molecule has 4 aliphatic carbocycles. The van der Waals surface area contributed by atoms with Crippen molar-refractivity contribution in [1.82, 2.24) is 0 Å². The van der Waals surface area contributed by atoms with Crippen molar-refractivity contribution in [2.75, 3.05) is 0 Å². The Morgan fingerprint density at radius 2 is 2.04 bits per heavy atom. The standard InChI is InChI=1S/C22H30O/c1-4-20(23)19-11-10-17-16-9-8-15-7-5-6-13-21(15,2)18(16)12-14-22(17,19)3/h4-5,7-8,16-19H,1,6,9-14H2,2-3H3/t16-,17-,18-,19+,21-,22-/m0/s1. The first kappa shape index (κ1) is 15.4. The van der Waals surface area contributed by atoms with Crippen LogP contribution in [-0.4, -0.2) is 5.78 Å². The average Bonchev–Trinajstić information content (AvgIpc) is 2.91. The molecule has 23 heavy (non-hydrogen) atoms. The first-order valence-corrected chi connectivity index (χ1v) is 9.54. The Bertz CT molecular complexity index is 597. The molecule has 6 atom stereocenters. The zero-order valence-corrected chi connectivity index (χ0v) is 14.7. The van der Waals surface area contributed by atoms with E-state index in [-0.39, 0.29) is 11.3 Å². The van der Waals surface area contributed by atoms with E-state index in [9.17, 15) is 4.79 Å². The van der Waals surface area contributed by atoms with E-state index in [0.29, 0.717) is 11.2 Å². The highest BCUT2D eigenvalue weighted by Crippen LogP contribution is 2.65. The summed E-state index contributed by atoms with van der Waals surface area (Å²) >= 11 is 0. The van der Waals surface area contributed by atoms with Crippen molar-refractivity contribution in [1.29, 1.82) is 0 Å². The van der Waals surface area contributed by atoms with E-state index in [1.807, 2.05) is 0 Å². The molecule has 0 N–H and O–H groups in total.